The van der Waals surface area contributed by atoms with E-state index in [0.717, 1.165) is 29.6 Å². The number of nitrogens with zero attached hydrogens (tertiary/aromatic N) is 1. The van der Waals surface area contributed by atoms with Gasteiger partial charge in [0.25, 0.3) is 0 Å². The number of rotatable bonds is 2. The molecule has 2 heterocycles. The molecule has 0 amide bonds. The van der Waals surface area contributed by atoms with Gasteiger partial charge in [-0.2, -0.15) is 0 Å². The van der Waals surface area contributed by atoms with Crippen LogP contribution in [0.2, 0.25) is 0 Å². The Hall–Kier alpha value is -1.49. The quantitative estimate of drug-likeness (QED) is 0.850. The minimum atomic E-state index is 0.361. The molecule has 0 bridgehead atoms. The number of benzene rings is 1. The molecule has 5 heteroatoms. The predicted molar refractivity (Wildman–Crippen MR) is 84.9 cm³/mol. The van der Waals surface area contributed by atoms with Crippen molar-refractivity contribution in [2.75, 3.05) is 19.8 Å². The molecule has 1 saturated heterocycles. The lowest BCUT2D eigenvalue weighted by molar-refractivity contribution is 0.171. The van der Waals surface area contributed by atoms with Crippen LogP contribution in [0.15, 0.2) is 18.2 Å². The summed E-state index contributed by atoms with van der Waals surface area (Å²) < 4.78 is 11.3. The maximum absolute atomic E-state index is 5.70. The molecule has 1 aromatic carbocycles. The third kappa shape index (κ3) is 2.67. The summed E-state index contributed by atoms with van der Waals surface area (Å²) >= 11 is 5.59. The lowest BCUT2D eigenvalue weighted by Gasteiger charge is -2.29. The van der Waals surface area contributed by atoms with Gasteiger partial charge in [-0.1, -0.05) is 6.07 Å². The van der Waals surface area contributed by atoms with Crippen LogP contribution in [0.25, 0.3) is 0 Å². The maximum atomic E-state index is 5.70. The molecule has 2 fully saturated rings. The molecule has 112 valence electrons. The Bertz CT molecular complexity index is 559. The molecule has 0 radical (unpaired) electrons. The zero-order valence-electron chi connectivity index (χ0n) is 12.0. The topological polar surface area (TPSA) is 33.7 Å². The van der Waals surface area contributed by atoms with Crippen molar-refractivity contribution in [3.63, 3.8) is 0 Å². The van der Waals surface area contributed by atoms with E-state index >= 15 is 0 Å². The van der Waals surface area contributed by atoms with E-state index < -0.39 is 0 Å². The molecule has 21 heavy (non-hydrogen) atoms. The molecule has 1 saturated carbocycles. The lowest BCUT2D eigenvalue weighted by atomic mass is 10.0. The Morgan fingerprint density at radius 3 is 2.76 bits per heavy atom. The maximum Gasteiger partial charge on any atom is 0.169 e. The predicted octanol–water partition coefficient (Wildman–Crippen LogP) is 2.63. The van der Waals surface area contributed by atoms with Crippen molar-refractivity contribution in [3.8, 4) is 11.5 Å². The zero-order valence-corrected chi connectivity index (χ0v) is 12.8. The second-order valence-electron chi connectivity index (χ2n) is 5.98. The molecular weight excluding hydrogens is 284 g/mol. The Labute approximate surface area is 130 Å². The van der Waals surface area contributed by atoms with Gasteiger partial charge in [-0.05, 0) is 55.6 Å². The van der Waals surface area contributed by atoms with Gasteiger partial charge in [0.2, 0.25) is 0 Å². The van der Waals surface area contributed by atoms with Gasteiger partial charge in [-0.3, -0.25) is 0 Å². The fourth-order valence-corrected chi connectivity index (χ4v) is 3.49. The Kier molecular flexibility index (Phi) is 3.37. The third-order valence-electron chi connectivity index (χ3n) is 4.37. The molecule has 1 aliphatic carbocycles. The molecule has 0 spiro atoms. The molecule has 0 aromatic heterocycles. The van der Waals surface area contributed by atoms with Gasteiger partial charge in [0, 0.05) is 12.6 Å². The standard InChI is InChI=1S/C16H20N2O2S/c21-16(17-12-4-5-12)18-7-1-2-13(18)11-3-6-14-15(10-11)20-9-8-19-14/h3,6,10,12-13H,1-2,4-5,7-9H2,(H,17,21)/t13-/m0/s1. The van der Waals surface area contributed by atoms with E-state index in [2.05, 4.69) is 22.3 Å². The van der Waals surface area contributed by atoms with Crippen LogP contribution in [0, 0.1) is 0 Å². The van der Waals surface area contributed by atoms with Crippen molar-refractivity contribution in [2.45, 2.75) is 37.8 Å². The minimum absolute atomic E-state index is 0.361. The first kappa shape index (κ1) is 13.2. The summed E-state index contributed by atoms with van der Waals surface area (Å²) in [6, 6.07) is 7.27. The normalized spacial score (nSPS) is 24.0. The number of fused-ring (bicyclic) bond motifs is 1. The van der Waals surface area contributed by atoms with Crippen LogP contribution in [0.5, 0.6) is 11.5 Å². The zero-order chi connectivity index (χ0) is 14.2. The summed E-state index contributed by atoms with van der Waals surface area (Å²) in [6.45, 7) is 2.31. The molecule has 3 aliphatic rings. The number of thiocarbonyl (C=S) groups is 1. The van der Waals surface area contributed by atoms with Gasteiger partial charge in [0.15, 0.2) is 16.6 Å². The van der Waals surface area contributed by atoms with Crippen molar-refractivity contribution in [3.05, 3.63) is 23.8 Å². The minimum Gasteiger partial charge on any atom is -0.486 e. The van der Waals surface area contributed by atoms with Crippen molar-refractivity contribution < 1.29 is 9.47 Å². The monoisotopic (exact) mass is 304 g/mol. The first-order valence-electron chi connectivity index (χ1n) is 7.78. The molecule has 0 unspecified atom stereocenters. The van der Waals surface area contributed by atoms with Gasteiger partial charge in [-0.15, -0.1) is 0 Å². The summed E-state index contributed by atoms with van der Waals surface area (Å²) in [5.74, 6) is 1.72. The van der Waals surface area contributed by atoms with Crippen molar-refractivity contribution >= 4 is 17.3 Å². The average Bonchev–Trinajstić information content (AvgIpc) is 3.18. The van der Waals surface area contributed by atoms with Crippen molar-refractivity contribution in [2.24, 2.45) is 0 Å². The van der Waals surface area contributed by atoms with E-state index in [9.17, 15) is 0 Å². The van der Waals surface area contributed by atoms with E-state index in [-0.39, 0.29) is 0 Å². The van der Waals surface area contributed by atoms with Crippen LogP contribution in [0.1, 0.15) is 37.3 Å². The molecule has 1 N–H and O–H groups in total. The Balaban J connectivity index is 1.54. The highest BCUT2D eigenvalue weighted by Crippen LogP contribution is 2.38. The Morgan fingerprint density at radius 1 is 1.14 bits per heavy atom. The van der Waals surface area contributed by atoms with Gasteiger partial charge in [0.05, 0.1) is 6.04 Å². The molecule has 4 rings (SSSR count). The van der Waals surface area contributed by atoms with Gasteiger partial charge in [-0.25, -0.2) is 0 Å². The highest BCUT2D eigenvalue weighted by atomic mass is 32.1. The number of likely N-dealkylation sites (tertiary alicyclic amines) is 1. The van der Waals surface area contributed by atoms with E-state index in [1.54, 1.807) is 0 Å². The summed E-state index contributed by atoms with van der Waals surface area (Å²) in [5.41, 5.74) is 1.27. The van der Waals surface area contributed by atoms with Crippen LogP contribution in [-0.2, 0) is 0 Å². The summed E-state index contributed by atoms with van der Waals surface area (Å²) in [7, 11) is 0. The molecule has 4 nitrogen and oxygen atoms in total. The van der Waals surface area contributed by atoms with E-state index in [1.165, 1.54) is 24.8 Å². The van der Waals surface area contributed by atoms with E-state index in [1.807, 2.05) is 6.07 Å². The van der Waals surface area contributed by atoms with Crippen LogP contribution < -0.4 is 14.8 Å². The summed E-state index contributed by atoms with van der Waals surface area (Å²) in [4.78, 5) is 2.33. The van der Waals surface area contributed by atoms with Gasteiger partial charge < -0.3 is 19.7 Å². The fraction of sp³-hybridized carbons (Fsp3) is 0.562. The SMILES string of the molecule is S=C(NC1CC1)N1CCC[C@H]1c1ccc2c(c1)OCCO2. The number of ether oxygens (including phenoxy) is 2. The van der Waals surface area contributed by atoms with E-state index in [0.29, 0.717) is 25.3 Å². The first-order valence-corrected chi connectivity index (χ1v) is 8.19. The largest absolute Gasteiger partial charge is 0.486 e. The number of hydrogen-bond acceptors (Lipinski definition) is 3. The molecule has 1 atom stereocenters. The summed E-state index contributed by atoms with van der Waals surface area (Å²) in [6.07, 6.45) is 4.84. The van der Waals surface area contributed by atoms with E-state index in [4.69, 9.17) is 21.7 Å². The number of nitrogens with one attached hydrogen (secondary N) is 1. The Morgan fingerprint density at radius 2 is 1.95 bits per heavy atom. The first-order chi connectivity index (χ1) is 10.3. The molecular formula is C16H20N2O2S. The van der Waals surface area contributed by atoms with Gasteiger partial charge in [0.1, 0.15) is 13.2 Å². The smallest absolute Gasteiger partial charge is 0.169 e. The molecule has 2 aliphatic heterocycles. The van der Waals surface area contributed by atoms with Crippen LogP contribution in [0.4, 0.5) is 0 Å². The van der Waals surface area contributed by atoms with Crippen molar-refractivity contribution in [1.82, 2.24) is 10.2 Å². The van der Waals surface area contributed by atoms with Crippen LogP contribution >= 0.6 is 12.2 Å². The second-order valence-corrected chi connectivity index (χ2v) is 6.36. The fourth-order valence-electron chi connectivity index (χ4n) is 3.11. The lowest BCUT2D eigenvalue weighted by Crippen LogP contribution is -2.40. The summed E-state index contributed by atoms with van der Waals surface area (Å²) in [5, 5.41) is 4.37. The van der Waals surface area contributed by atoms with Crippen LogP contribution in [-0.4, -0.2) is 35.8 Å². The van der Waals surface area contributed by atoms with Crippen molar-refractivity contribution in [1.29, 1.82) is 0 Å². The van der Waals surface area contributed by atoms with Gasteiger partial charge >= 0.3 is 0 Å². The molecule has 1 aromatic rings. The third-order valence-corrected chi connectivity index (χ3v) is 4.72. The second kappa shape index (κ2) is 5.37. The number of hydrogen-bond donors (Lipinski definition) is 1. The van der Waals surface area contributed by atoms with Crippen LogP contribution in [0.3, 0.4) is 0 Å². The highest BCUT2D eigenvalue weighted by molar-refractivity contribution is 7.80. The highest BCUT2D eigenvalue weighted by Gasteiger charge is 2.31. The average molecular weight is 304 g/mol.